The van der Waals surface area contributed by atoms with Gasteiger partial charge in [0.25, 0.3) is 0 Å². The maximum absolute atomic E-state index is 14.1. The van der Waals surface area contributed by atoms with Crippen molar-refractivity contribution < 1.29 is 9.23 Å². The summed E-state index contributed by atoms with van der Waals surface area (Å²) in [5, 5.41) is 16.4. The van der Waals surface area contributed by atoms with Crippen LogP contribution in [0.5, 0.6) is 0 Å². The Morgan fingerprint density at radius 3 is 2.77 bits per heavy atom. The Balaban J connectivity index is 1.67. The lowest BCUT2D eigenvalue weighted by Crippen LogP contribution is -2.32. The zero-order valence-corrected chi connectivity index (χ0v) is 17.7. The van der Waals surface area contributed by atoms with Gasteiger partial charge in [0, 0.05) is 41.4 Å². The summed E-state index contributed by atoms with van der Waals surface area (Å²) < 4.78 is 14.1. The minimum Gasteiger partial charge on any atom is -0.402 e. The van der Waals surface area contributed by atoms with Gasteiger partial charge in [-0.15, -0.1) is 0 Å². The molecule has 4 N–H and O–H groups in total. The average Bonchev–Trinajstić information content (AvgIpc) is 2.78. The largest absolute Gasteiger partial charge is 0.402 e. The third-order valence-electron chi connectivity index (χ3n) is 5.90. The number of hydrogen-bond acceptors (Lipinski definition) is 6. The number of aromatic nitrogens is 1. The molecule has 0 unspecified atom stereocenters. The first-order valence-electron chi connectivity index (χ1n) is 10.7. The molecule has 0 bridgehead atoms. The number of rotatable bonds is 4. The van der Waals surface area contributed by atoms with Gasteiger partial charge in [0.2, 0.25) is 0 Å². The molecule has 0 amide bonds. The van der Waals surface area contributed by atoms with E-state index in [2.05, 4.69) is 15.5 Å². The number of nitrogens with two attached hydrogens (primary N) is 1. The molecule has 2 heterocycles. The fraction of sp³-hybridized carbons (Fsp3) is 0.375. The first-order chi connectivity index (χ1) is 15.0. The van der Waals surface area contributed by atoms with E-state index in [9.17, 15) is 4.39 Å². The molecule has 6 nitrogen and oxygen atoms in total. The highest BCUT2D eigenvalue weighted by atomic mass is 19.1. The van der Waals surface area contributed by atoms with E-state index in [1.807, 2.05) is 18.2 Å². The number of nitrogens with one attached hydrogen (secondary N) is 2. The number of nitrogens with zero attached hydrogens (tertiary/aromatic N) is 2. The lowest BCUT2D eigenvalue weighted by atomic mass is 9.76. The molecular formula is C24H28FN5O. The van der Waals surface area contributed by atoms with Crippen LogP contribution in [0.25, 0.3) is 11.1 Å². The normalized spacial score (nSPS) is 23.1. The Morgan fingerprint density at radius 2 is 2.06 bits per heavy atom. The van der Waals surface area contributed by atoms with Crippen molar-refractivity contribution in [2.75, 3.05) is 13.1 Å². The van der Waals surface area contributed by atoms with Crippen molar-refractivity contribution in [1.29, 1.82) is 5.41 Å². The van der Waals surface area contributed by atoms with Gasteiger partial charge in [0.15, 0.2) is 0 Å². The third-order valence-corrected chi connectivity index (χ3v) is 5.90. The van der Waals surface area contributed by atoms with Gasteiger partial charge < -0.3 is 21.3 Å². The minimum absolute atomic E-state index is 0.0261. The molecule has 0 radical (unpaired) electrons. The van der Waals surface area contributed by atoms with E-state index in [1.54, 1.807) is 19.3 Å². The number of piperidine rings is 1. The lowest BCUT2D eigenvalue weighted by Gasteiger charge is -2.29. The van der Waals surface area contributed by atoms with Crippen molar-refractivity contribution in [2.45, 2.75) is 44.6 Å². The Kier molecular flexibility index (Phi) is 6.42. The van der Waals surface area contributed by atoms with Crippen molar-refractivity contribution in [3.05, 3.63) is 65.4 Å². The van der Waals surface area contributed by atoms with Gasteiger partial charge in [-0.25, -0.2) is 4.39 Å². The Labute approximate surface area is 181 Å². The highest BCUT2D eigenvalue weighted by Crippen LogP contribution is 2.38. The van der Waals surface area contributed by atoms with Crippen LogP contribution < -0.4 is 11.1 Å². The molecule has 1 atom stereocenters. The molecule has 1 aliphatic heterocycles. The molecule has 1 saturated carbocycles. The molecule has 1 aromatic carbocycles. The third kappa shape index (κ3) is 4.82. The predicted octanol–water partition coefficient (Wildman–Crippen LogP) is 4.14. The van der Waals surface area contributed by atoms with Gasteiger partial charge in [-0.1, -0.05) is 17.3 Å². The molecule has 31 heavy (non-hydrogen) atoms. The fourth-order valence-electron chi connectivity index (χ4n) is 4.39. The number of halogens is 1. The molecule has 162 valence electrons. The monoisotopic (exact) mass is 421 g/mol. The summed E-state index contributed by atoms with van der Waals surface area (Å²) in [6.07, 6.45) is 6.40. The average molecular weight is 422 g/mol. The lowest BCUT2D eigenvalue weighted by molar-refractivity contribution is 0.0373. The van der Waals surface area contributed by atoms with Gasteiger partial charge in [0.05, 0.1) is 5.71 Å². The zero-order chi connectivity index (χ0) is 21.8. The van der Waals surface area contributed by atoms with Crippen molar-refractivity contribution in [1.82, 2.24) is 10.3 Å². The number of oxime groups is 1. The summed E-state index contributed by atoms with van der Waals surface area (Å²) in [5.74, 6) is -0.322. The second-order valence-corrected chi connectivity index (χ2v) is 8.21. The zero-order valence-electron chi connectivity index (χ0n) is 17.7. The van der Waals surface area contributed by atoms with Gasteiger partial charge in [0.1, 0.15) is 11.9 Å². The molecule has 2 aliphatic rings. The van der Waals surface area contributed by atoms with Crippen LogP contribution in [0.4, 0.5) is 4.39 Å². The molecule has 2 fully saturated rings. The number of allylic oxidation sites excluding steroid dienone is 2. The van der Waals surface area contributed by atoms with Gasteiger partial charge in [-0.3, -0.25) is 4.98 Å². The van der Waals surface area contributed by atoms with Crippen LogP contribution in [0, 0.1) is 11.2 Å². The SMILES string of the molecule is C/C(N)=C1/C(=N)C[C@H](c2ccc(F)cc2-c2cccnc2)C/C1=N\OC1CCNCC1. The molecule has 0 spiro atoms. The quantitative estimate of drug-likeness (QED) is 0.647. The van der Waals surface area contributed by atoms with Crippen molar-refractivity contribution in [3.8, 4) is 11.1 Å². The molecular weight excluding hydrogens is 393 g/mol. The van der Waals surface area contributed by atoms with Crippen LogP contribution in [-0.2, 0) is 4.84 Å². The highest BCUT2D eigenvalue weighted by molar-refractivity contribution is 6.25. The maximum Gasteiger partial charge on any atom is 0.130 e. The number of benzene rings is 1. The van der Waals surface area contributed by atoms with Gasteiger partial charge >= 0.3 is 0 Å². The first-order valence-corrected chi connectivity index (χ1v) is 10.7. The topological polar surface area (TPSA) is 96.4 Å². The summed E-state index contributed by atoms with van der Waals surface area (Å²) in [7, 11) is 0. The van der Waals surface area contributed by atoms with Crippen molar-refractivity contribution in [2.24, 2.45) is 10.9 Å². The Hall–Kier alpha value is -3.06. The van der Waals surface area contributed by atoms with E-state index < -0.39 is 0 Å². The molecule has 1 saturated heterocycles. The second kappa shape index (κ2) is 9.39. The summed E-state index contributed by atoms with van der Waals surface area (Å²) in [5.41, 5.74) is 11.1. The maximum atomic E-state index is 14.1. The van der Waals surface area contributed by atoms with Crippen LogP contribution in [-0.4, -0.2) is 35.6 Å². The number of hydrogen-bond donors (Lipinski definition) is 3. The van der Waals surface area contributed by atoms with Crippen LogP contribution >= 0.6 is 0 Å². The van der Waals surface area contributed by atoms with E-state index in [0.29, 0.717) is 35.5 Å². The minimum atomic E-state index is -0.296. The molecule has 1 aromatic heterocycles. The van der Waals surface area contributed by atoms with Crippen LogP contribution in [0.2, 0.25) is 0 Å². The summed E-state index contributed by atoms with van der Waals surface area (Å²) in [6, 6.07) is 8.58. The van der Waals surface area contributed by atoms with Crippen molar-refractivity contribution in [3.63, 3.8) is 0 Å². The summed E-state index contributed by atoms with van der Waals surface area (Å²) >= 11 is 0. The van der Waals surface area contributed by atoms with Gasteiger partial charge in [-0.05, 0) is 74.5 Å². The standard InChI is InChI=1S/C24H28FN5O/c1-15(26)24-22(27)11-17(12-23(24)30-31-19-6-9-28-10-7-19)20-5-4-18(25)13-21(20)16-3-2-8-29-14-16/h2-5,8,13-14,17,19,27-28H,6-7,9-12,26H2,1H3/b24-15+,27-22?,30-23+/t17-/m0/s1. The predicted molar refractivity (Wildman–Crippen MR) is 121 cm³/mol. The Morgan fingerprint density at radius 1 is 1.26 bits per heavy atom. The summed E-state index contributed by atoms with van der Waals surface area (Å²) in [4.78, 5) is 10.0. The van der Waals surface area contributed by atoms with E-state index in [-0.39, 0.29) is 17.8 Å². The molecule has 7 heteroatoms. The smallest absolute Gasteiger partial charge is 0.130 e. The molecule has 2 aromatic rings. The van der Waals surface area contributed by atoms with Crippen LogP contribution in [0.15, 0.2) is 59.2 Å². The van der Waals surface area contributed by atoms with Crippen LogP contribution in [0.3, 0.4) is 0 Å². The van der Waals surface area contributed by atoms with Crippen molar-refractivity contribution >= 4 is 11.4 Å². The summed E-state index contributed by atoms with van der Waals surface area (Å²) in [6.45, 7) is 3.62. The van der Waals surface area contributed by atoms with Gasteiger partial charge in [-0.2, -0.15) is 0 Å². The molecule has 1 aliphatic carbocycles. The number of pyridine rings is 1. The molecule has 4 rings (SSSR count). The highest BCUT2D eigenvalue weighted by Gasteiger charge is 2.31. The van der Waals surface area contributed by atoms with E-state index in [4.69, 9.17) is 16.0 Å². The van der Waals surface area contributed by atoms with Crippen LogP contribution in [0.1, 0.15) is 44.1 Å². The van der Waals surface area contributed by atoms with E-state index >= 15 is 0 Å². The first kappa shape index (κ1) is 21.2. The fourth-order valence-corrected chi connectivity index (χ4v) is 4.39. The van der Waals surface area contributed by atoms with E-state index in [1.165, 1.54) is 12.1 Å². The second-order valence-electron chi connectivity index (χ2n) is 8.21. The van der Waals surface area contributed by atoms with E-state index in [0.717, 1.165) is 42.6 Å². The Bertz CT molecular complexity index is 1010.